The van der Waals surface area contributed by atoms with Crippen LogP contribution in [0.25, 0.3) is 5.52 Å². The molecule has 2 atom stereocenters. The standard InChI is InChI=1S/C17H14F3N5O/c18-10-2-1-4-25-13(10)6-12(23-25)15-14-11(21-8-22-14)3-5-24(15)16(26)9-7-17(9,19)20/h1-2,4,6,8-9,15H,3,5,7H2,(H,21,22)/t9-,15?/m0/s1. The Morgan fingerprint density at radius 1 is 1.38 bits per heavy atom. The summed E-state index contributed by atoms with van der Waals surface area (Å²) in [4.78, 5) is 21.4. The molecule has 0 aromatic carbocycles. The van der Waals surface area contributed by atoms with Crippen LogP contribution in [0.4, 0.5) is 13.2 Å². The molecule has 26 heavy (non-hydrogen) atoms. The number of imidazole rings is 1. The molecule has 1 unspecified atom stereocenters. The first-order chi connectivity index (χ1) is 12.5. The van der Waals surface area contributed by atoms with Crippen molar-refractivity contribution in [1.29, 1.82) is 0 Å². The van der Waals surface area contributed by atoms with E-state index < -0.39 is 36.0 Å². The summed E-state index contributed by atoms with van der Waals surface area (Å²) in [6.45, 7) is 0.279. The minimum absolute atomic E-state index is 0.259. The van der Waals surface area contributed by atoms with E-state index in [9.17, 15) is 18.0 Å². The van der Waals surface area contributed by atoms with Gasteiger partial charge in [-0.1, -0.05) is 0 Å². The van der Waals surface area contributed by atoms with Crippen LogP contribution in [-0.4, -0.2) is 42.9 Å². The van der Waals surface area contributed by atoms with Gasteiger partial charge >= 0.3 is 0 Å². The summed E-state index contributed by atoms with van der Waals surface area (Å²) in [6.07, 6.45) is 3.17. The number of aromatic amines is 1. The average Bonchev–Trinajstić information content (AvgIpc) is 2.99. The van der Waals surface area contributed by atoms with E-state index in [1.807, 2.05) is 0 Å². The van der Waals surface area contributed by atoms with Gasteiger partial charge in [0, 0.05) is 31.3 Å². The summed E-state index contributed by atoms with van der Waals surface area (Å²) in [5.74, 6) is -5.29. The number of pyridine rings is 1. The van der Waals surface area contributed by atoms with Crippen molar-refractivity contribution in [2.24, 2.45) is 5.92 Å². The summed E-state index contributed by atoms with van der Waals surface area (Å²) < 4.78 is 42.3. The minimum atomic E-state index is -2.95. The Balaban J connectivity index is 1.61. The lowest BCUT2D eigenvalue weighted by Crippen LogP contribution is -2.42. The van der Waals surface area contributed by atoms with E-state index in [1.54, 1.807) is 6.20 Å². The quantitative estimate of drug-likeness (QED) is 0.762. The summed E-state index contributed by atoms with van der Waals surface area (Å²) >= 11 is 0. The highest BCUT2D eigenvalue weighted by Gasteiger charge is 2.63. The van der Waals surface area contributed by atoms with Gasteiger partial charge in [0.25, 0.3) is 5.92 Å². The molecule has 0 bridgehead atoms. The van der Waals surface area contributed by atoms with E-state index in [4.69, 9.17) is 0 Å². The van der Waals surface area contributed by atoms with E-state index >= 15 is 0 Å². The number of hydrogen-bond acceptors (Lipinski definition) is 3. The molecule has 1 amide bonds. The van der Waals surface area contributed by atoms with Crippen molar-refractivity contribution < 1.29 is 18.0 Å². The van der Waals surface area contributed by atoms with Gasteiger partial charge in [-0.25, -0.2) is 22.7 Å². The van der Waals surface area contributed by atoms with Gasteiger partial charge in [-0.15, -0.1) is 0 Å². The van der Waals surface area contributed by atoms with E-state index in [1.165, 1.54) is 33.9 Å². The van der Waals surface area contributed by atoms with E-state index in [0.29, 0.717) is 17.8 Å². The molecule has 1 fully saturated rings. The third-order valence-corrected chi connectivity index (χ3v) is 5.08. The van der Waals surface area contributed by atoms with Crippen LogP contribution in [0.1, 0.15) is 29.5 Å². The van der Waals surface area contributed by atoms with E-state index in [0.717, 1.165) is 5.69 Å². The molecular formula is C17H14F3N5O. The number of hydrogen-bond donors (Lipinski definition) is 1. The molecule has 0 saturated heterocycles. The second-order valence-electron chi connectivity index (χ2n) is 6.72. The van der Waals surface area contributed by atoms with Gasteiger partial charge in [0.1, 0.15) is 23.3 Å². The second kappa shape index (κ2) is 5.09. The maximum Gasteiger partial charge on any atom is 0.260 e. The van der Waals surface area contributed by atoms with Gasteiger partial charge in [0.15, 0.2) is 0 Å². The number of amides is 1. The zero-order chi connectivity index (χ0) is 18.1. The lowest BCUT2D eigenvalue weighted by molar-refractivity contribution is -0.137. The maximum atomic E-state index is 14.0. The number of nitrogens with zero attached hydrogens (tertiary/aromatic N) is 4. The largest absolute Gasteiger partial charge is 0.348 e. The number of halogens is 3. The molecule has 2 aliphatic rings. The van der Waals surface area contributed by atoms with Gasteiger partial charge in [-0.3, -0.25) is 4.79 Å². The fourth-order valence-electron chi connectivity index (χ4n) is 3.63. The van der Waals surface area contributed by atoms with E-state index in [2.05, 4.69) is 15.1 Å². The van der Waals surface area contributed by atoms with Crippen molar-refractivity contribution in [2.75, 3.05) is 6.54 Å². The normalized spacial score (nSPS) is 23.9. The molecule has 0 radical (unpaired) electrons. The van der Waals surface area contributed by atoms with Crippen molar-refractivity contribution in [3.63, 3.8) is 0 Å². The fourth-order valence-corrected chi connectivity index (χ4v) is 3.63. The number of aromatic nitrogens is 4. The number of carbonyl (C=O) groups excluding carboxylic acids is 1. The molecule has 0 spiro atoms. The summed E-state index contributed by atoms with van der Waals surface area (Å²) in [5, 5.41) is 4.37. The van der Waals surface area contributed by atoms with Crippen LogP contribution in [0.3, 0.4) is 0 Å². The smallest absolute Gasteiger partial charge is 0.260 e. The van der Waals surface area contributed by atoms with Crippen LogP contribution < -0.4 is 0 Å². The highest BCUT2D eigenvalue weighted by molar-refractivity contribution is 5.84. The number of rotatable bonds is 2. The number of fused-ring (bicyclic) bond motifs is 2. The van der Waals surface area contributed by atoms with Crippen molar-refractivity contribution >= 4 is 11.4 Å². The second-order valence-corrected chi connectivity index (χ2v) is 6.72. The SMILES string of the molecule is O=C([C@@H]1CC1(F)F)N1CCc2[nH]cnc2C1c1cc2c(F)cccn2n1. The van der Waals surface area contributed by atoms with E-state index in [-0.39, 0.29) is 12.1 Å². The predicted molar refractivity (Wildman–Crippen MR) is 84.1 cm³/mol. The van der Waals surface area contributed by atoms with Gasteiger partial charge in [-0.2, -0.15) is 5.10 Å². The van der Waals surface area contributed by atoms with Gasteiger partial charge in [-0.05, 0) is 18.2 Å². The van der Waals surface area contributed by atoms with Gasteiger partial charge in [0.2, 0.25) is 5.91 Å². The molecule has 1 aliphatic heterocycles. The monoisotopic (exact) mass is 361 g/mol. The summed E-state index contributed by atoms with van der Waals surface area (Å²) in [5.41, 5.74) is 2.06. The zero-order valence-electron chi connectivity index (χ0n) is 13.5. The van der Waals surface area contributed by atoms with Crippen molar-refractivity contribution in [3.05, 3.63) is 53.6 Å². The molecule has 1 N–H and O–H groups in total. The van der Waals surface area contributed by atoms with Gasteiger partial charge in [0.05, 0.1) is 17.7 Å². The van der Waals surface area contributed by atoms with Crippen LogP contribution >= 0.6 is 0 Å². The zero-order valence-corrected chi connectivity index (χ0v) is 13.5. The Morgan fingerprint density at radius 3 is 2.92 bits per heavy atom. The lowest BCUT2D eigenvalue weighted by Gasteiger charge is -2.34. The molecule has 134 valence electrons. The molecule has 5 rings (SSSR count). The number of H-pyrrole nitrogens is 1. The molecule has 1 aliphatic carbocycles. The first-order valence-corrected chi connectivity index (χ1v) is 8.30. The summed E-state index contributed by atoms with van der Waals surface area (Å²) in [6, 6.07) is 3.66. The van der Waals surface area contributed by atoms with Crippen molar-refractivity contribution in [2.45, 2.75) is 24.8 Å². The average molecular weight is 361 g/mol. The van der Waals surface area contributed by atoms with Gasteiger partial charge < -0.3 is 9.88 Å². The first kappa shape index (κ1) is 15.4. The van der Waals surface area contributed by atoms with Crippen LogP contribution in [0.15, 0.2) is 30.7 Å². The summed E-state index contributed by atoms with van der Waals surface area (Å²) in [7, 11) is 0. The number of carbonyl (C=O) groups is 1. The Hall–Kier alpha value is -2.84. The minimum Gasteiger partial charge on any atom is -0.348 e. The first-order valence-electron chi connectivity index (χ1n) is 8.30. The third-order valence-electron chi connectivity index (χ3n) is 5.08. The molecular weight excluding hydrogens is 347 g/mol. The van der Waals surface area contributed by atoms with Crippen molar-refractivity contribution in [1.82, 2.24) is 24.5 Å². The maximum absolute atomic E-state index is 14.0. The Kier molecular flexibility index (Phi) is 3.02. The van der Waals surface area contributed by atoms with Crippen LogP contribution in [-0.2, 0) is 11.2 Å². The molecule has 9 heteroatoms. The number of alkyl halides is 2. The topological polar surface area (TPSA) is 66.3 Å². The van der Waals surface area contributed by atoms with Crippen LogP contribution in [0.5, 0.6) is 0 Å². The Bertz CT molecular complexity index is 1030. The third kappa shape index (κ3) is 2.16. The van der Waals surface area contributed by atoms with Crippen LogP contribution in [0, 0.1) is 11.7 Å². The lowest BCUT2D eigenvalue weighted by atomic mass is 9.99. The fraction of sp³-hybridized carbons (Fsp3) is 0.353. The Morgan fingerprint density at radius 2 is 2.19 bits per heavy atom. The molecule has 3 aromatic heterocycles. The highest BCUT2D eigenvalue weighted by Crippen LogP contribution is 2.51. The Labute approximate surface area is 145 Å². The van der Waals surface area contributed by atoms with Crippen LogP contribution in [0.2, 0.25) is 0 Å². The number of nitrogens with one attached hydrogen (secondary N) is 1. The molecule has 1 saturated carbocycles. The molecule has 6 nitrogen and oxygen atoms in total. The highest BCUT2D eigenvalue weighted by atomic mass is 19.3. The van der Waals surface area contributed by atoms with Crippen molar-refractivity contribution in [3.8, 4) is 0 Å². The predicted octanol–water partition coefficient (Wildman–Crippen LogP) is 2.33. The molecule has 4 heterocycles. The molecule has 3 aromatic rings.